The lowest BCUT2D eigenvalue weighted by molar-refractivity contribution is 0.0604. The number of phenolic OH excluding ortho intramolecular Hbond substituents is 1. The second-order valence-corrected chi connectivity index (χ2v) is 9.12. The summed E-state index contributed by atoms with van der Waals surface area (Å²) in [5, 5.41) is 14.7. The van der Waals surface area contributed by atoms with Gasteiger partial charge in [-0.15, -0.1) is 0 Å². The van der Waals surface area contributed by atoms with Crippen molar-refractivity contribution in [1.82, 2.24) is 19.5 Å². The molecule has 8 nitrogen and oxygen atoms in total. The van der Waals surface area contributed by atoms with E-state index in [1.165, 1.54) is 0 Å². The predicted octanol–water partition coefficient (Wildman–Crippen LogP) is 2.96. The maximum absolute atomic E-state index is 13.4. The lowest BCUT2D eigenvalue weighted by Crippen LogP contribution is -2.39. The van der Waals surface area contributed by atoms with E-state index in [9.17, 15) is 9.90 Å². The fourth-order valence-electron chi connectivity index (χ4n) is 4.96. The molecule has 1 aromatic carbocycles. The van der Waals surface area contributed by atoms with Crippen LogP contribution in [0.5, 0.6) is 5.75 Å². The van der Waals surface area contributed by atoms with Crippen molar-refractivity contribution < 1.29 is 9.90 Å². The van der Waals surface area contributed by atoms with Crippen molar-refractivity contribution in [2.75, 3.05) is 24.5 Å². The number of nitrogens with zero attached hydrogens (tertiary/aromatic N) is 5. The van der Waals surface area contributed by atoms with E-state index in [1.807, 2.05) is 35.5 Å². The molecule has 2 aliphatic heterocycles. The Bertz CT molecular complexity index is 1170. The van der Waals surface area contributed by atoms with Gasteiger partial charge in [0, 0.05) is 49.1 Å². The second kappa shape index (κ2) is 8.09. The van der Waals surface area contributed by atoms with Gasteiger partial charge in [-0.3, -0.25) is 4.79 Å². The first-order valence-corrected chi connectivity index (χ1v) is 11.4. The van der Waals surface area contributed by atoms with Crippen LogP contribution in [0, 0.1) is 13.8 Å². The molecule has 0 bridgehead atoms. The molecule has 0 saturated carbocycles. The Balaban J connectivity index is 1.48. The van der Waals surface area contributed by atoms with Crippen LogP contribution in [0.2, 0.25) is 0 Å². The number of amides is 1. The van der Waals surface area contributed by atoms with Gasteiger partial charge in [0.2, 0.25) is 0 Å². The Labute approximate surface area is 187 Å². The number of carbonyl (C=O) groups is 1. The topological polar surface area (TPSA) is 100.0 Å². The van der Waals surface area contributed by atoms with Crippen molar-refractivity contribution in [2.24, 2.45) is 5.73 Å². The summed E-state index contributed by atoms with van der Waals surface area (Å²) in [6.07, 6.45) is 5.86. The minimum atomic E-state index is -0.108. The average Bonchev–Trinajstić information content (AvgIpc) is 3.40. The number of aromatic hydroxyl groups is 1. The highest BCUT2D eigenvalue weighted by atomic mass is 16.3. The first-order chi connectivity index (χ1) is 15.4. The van der Waals surface area contributed by atoms with Gasteiger partial charge in [0.05, 0.1) is 11.7 Å². The summed E-state index contributed by atoms with van der Waals surface area (Å²) in [6.45, 7) is 6.36. The summed E-state index contributed by atoms with van der Waals surface area (Å²) < 4.78 is 1.82. The lowest BCUT2D eigenvalue weighted by Gasteiger charge is -2.35. The predicted molar refractivity (Wildman–Crippen MR) is 123 cm³/mol. The van der Waals surface area contributed by atoms with E-state index in [0.717, 1.165) is 67.1 Å². The van der Waals surface area contributed by atoms with Crippen molar-refractivity contribution in [3.63, 3.8) is 0 Å². The van der Waals surface area contributed by atoms with Crippen LogP contribution < -0.4 is 10.6 Å². The number of carbonyl (C=O) groups excluding carboxylic acids is 1. The van der Waals surface area contributed by atoms with E-state index in [1.54, 1.807) is 18.2 Å². The molecule has 1 amide bonds. The van der Waals surface area contributed by atoms with Crippen molar-refractivity contribution >= 4 is 17.4 Å². The van der Waals surface area contributed by atoms with E-state index < -0.39 is 0 Å². The Morgan fingerprint density at radius 3 is 2.75 bits per heavy atom. The van der Waals surface area contributed by atoms with Crippen LogP contribution in [-0.4, -0.2) is 56.2 Å². The summed E-state index contributed by atoms with van der Waals surface area (Å²) in [6, 6.07) is 7.04. The van der Waals surface area contributed by atoms with E-state index >= 15 is 0 Å². The average molecular weight is 435 g/mol. The molecular formula is C24H30N6O2. The fraction of sp³-hybridized carbons (Fsp3) is 0.458. The van der Waals surface area contributed by atoms with Gasteiger partial charge in [-0.2, -0.15) is 5.10 Å². The third kappa shape index (κ3) is 3.68. The molecule has 3 N–H and O–H groups in total. The maximum atomic E-state index is 13.4. The number of hydrogen-bond acceptors (Lipinski definition) is 6. The molecule has 0 spiro atoms. The molecule has 2 aliphatic rings. The smallest absolute Gasteiger partial charge is 0.254 e. The molecule has 2 aromatic heterocycles. The quantitative estimate of drug-likeness (QED) is 0.657. The largest absolute Gasteiger partial charge is 0.508 e. The number of benzene rings is 1. The van der Waals surface area contributed by atoms with Crippen LogP contribution in [0.15, 0.2) is 30.5 Å². The zero-order valence-electron chi connectivity index (χ0n) is 18.7. The normalized spacial score (nSPS) is 21.5. The number of likely N-dealkylation sites (tertiary alicyclic amines) is 1. The summed E-state index contributed by atoms with van der Waals surface area (Å²) >= 11 is 0. The molecule has 2 atom stereocenters. The van der Waals surface area contributed by atoms with Crippen LogP contribution in [0.4, 0.5) is 5.82 Å². The van der Waals surface area contributed by atoms with Crippen LogP contribution in [0.25, 0.3) is 5.65 Å². The number of hydrogen-bond donors (Lipinski definition) is 2. The molecule has 2 saturated heterocycles. The molecule has 168 valence electrons. The number of aromatic nitrogens is 3. The van der Waals surface area contributed by atoms with E-state index in [2.05, 4.69) is 4.90 Å². The number of phenols is 1. The lowest BCUT2D eigenvalue weighted by atomic mass is 9.97. The first kappa shape index (κ1) is 20.8. The summed E-state index contributed by atoms with van der Waals surface area (Å²) in [7, 11) is 0. The van der Waals surface area contributed by atoms with Crippen LogP contribution in [0.3, 0.4) is 0 Å². The van der Waals surface area contributed by atoms with Crippen molar-refractivity contribution in [3.05, 3.63) is 52.8 Å². The maximum Gasteiger partial charge on any atom is 0.254 e. The van der Waals surface area contributed by atoms with Gasteiger partial charge in [-0.05, 0) is 57.2 Å². The molecule has 4 heterocycles. The van der Waals surface area contributed by atoms with Gasteiger partial charge in [0.25, 0.3) is 5.91 Å². The van der Waals surface area contributed by atoms with E-state index in [4.69, 9.17) is 15.8 Å². The molecule has 3 aromatic rings. The fourth-order valence-corrected chi connectivity index (χ4v) is 4.96. The molecule has 5 rings (SSSR count). The number of rotatable bonds is 3. The number of nitrogens with two attached hydrogens (primary N) is 1. The Morgan fingerprint density at radius 2 is 1.97 bits per heavy atom. The summed E-state index contributed by atoms with van der Waals surface area (Å²) in [4.78, 5) is 22.5. The van der Waals surface area contributed by atoms with Crippen molar-refractivity contribution in [2.45, 2.75) is 51.6 Å². The molecule has 32 heavy (non-hydrogen) atoms. The molecular weight excluding hydrogens is 404 g/mol. The minimum absolute atomic E-state index is 0.0592. The van der Waals surface area contributed by atoms with E-state index in [0.29, 0.717) is 12.1 Å². The SMILES string of the molecule is Cc1ccc(O)cc1C(=O)N1CCCCC1c1cc2nc(N3CCC(N)C3)c(C)cn2n1. The van der Waals surface area contributed by atoms with Crippen LogP contribution in [0.1, 0.15) is 58.9 Å². The van der Waals surface area contributed by atoms with Gasteiger partial charge in [-0.25, -0.2) is 9.50 Å². The number of anilines is 1. The number of aryl methyl sites for hydroxylation is 2. The second-order valence-electron chi connectivity index (χ2n) is 9.12. The number of fused-ring (bicyclic) bond motifs is 1. The highest BCUT2D eigenvalue weighted by molar-refractivity contribution is 5.96. The molecule has 2 fully saturated rings. The Kier molecular flexibility index (Phi) is 5.25. The Morgan fingerprint density at radius 1 is 1.12 bits per heavy atom. The standard InChI is InChI=1S/C24H30N6O2/c1-15-6-7-18(31)11-19(15)24(32)29-9-4-3-5-21(29)20-12-22-26-23(16(2)13-30(22)27-20)28-10-8-17(25)14-28/h6-7,11-13,17,21,31H,3-5,8-10,14,25H2,1-2H3. The summed E-state index contributed by atoms with van der Waals surface area (Å²) in [5.41, 5.74) is 10.2. The Hall–Kier alpha value is -3.13. The molecule has 0 radical (unpaired) electrons. The van der Waals surface area contributed by atoms with Gasteiger partial charge >= 0.3 is 0 Å². The van der Waals surface area contributed by atoms with Crippen LogP contribution in [-0.2, 0) is 0 Å². The van der Waals surface area contributed by atoms with Crippen molar-refractivity contribution in [3.8, 4) is 5.75 Å². The van der Waals surface area contributed by atoms with Gasteiger partial charge in [0.1, 0.15) is 11.6 Å². The van der Waals surface area contributed by atoms with Crippen molar-refractivity contribution in [1.29, 1.82) is 0 Å². The zero-order valence-corrected chi connectivity index (χ0v) is 18.7. The van der Waals surface area contributed by atoms with Gasteiger partial charge in [-0.1, -0.05) is 6.07 Å². The molecule has 0 aliphatic carbocycles. The first-order valence-electron chi connectivity index (χ1n) is 11.4. The van der Waals surface area contributed by atoms with Gasteiger partial charge < -0.3 is 20.6 Å². The zero-order chi connectivity index (χ0) is 22.4. The third-order valence-electron chi connectivity index (χ3n) is 6.70. The summed E-state index contributed by atoms with van der Waals surface area (Å²) in [5.74, 6) is 1.01. The van der Waals surface area contributed by atoms with E-state index in [-0.39, 0.29) is 23.7 Å². The number of piperidine rings is 1. The monoisotopic (exact) mass is 434 g/mol. The van der Waals surface area contributed by atoms with Crippen LogP contribution >= 0.6 is 0 Å². The highest BCUT2D eigenvalue weighted by Gasteiger charge is 2.32. The molecule has 8 heteroatoms. The minimum Gasteiger partial charge on any atom is -0.508 e. The molecule has 2 unspecified atom stereocenters. The van der Waals surface area contributed by atoms with Gasteiger partial charge in [0.15, 0.2) is 5.65 Å². The third-order valence-corrected chi connectivity index (χ3v) is 6.70. The highest BCUT2D eigenvalue weighted by Crippen LogP contribution is 2.33.